The Hall–Kier alpha value is -2.75. The SMILES string of the molecule is Cc1nn(Cc2ccc(C#N)c(F)c2)c(C)c1[N+](=O)[O-]. The molecule has 0 amide bonds. The van der Waals surface area contributed by atoms with Crippen LogP contribution < -0.4 is 0 Å². The second-order valence-corrected chi connectivity index (χ2v) is 4.36. The average molecular weight is 274 g/mol. The van der Waals surface area contributed by atoms with Gasteiger partial charge in [0.05, 0.1) is 17.0 Å². The van der Waals surface area contributed by atoms with Gasteiger partial charge in [0.15, 0.2) is 0 Å². The number of aryl methyl sites for hydroxylation is 1. The van der Waals surface area contributed by atoms with Gasteiger partial charge < -0.3 is 0 Å². The lowest BCUT2D eigenvalue weighted by Crippen LogP contribution is -2.05. The van der Waals surface area contributed by atoms with E-state index in [1.54, 1.807) is 26.0 Å². The fourth-order valence-corrected chi connectivity index (χ4v) is 2.03. The van der Waals surface area contributed by atoms with Gasteiger partial charge in [-0.05, 0) is 31.5 Å². The summed E-state index contributed by atoms with van der Waals surface area (Å²) in [4.78, 5) is 10.4. The molecule has 102 valence electrons. The maximum Gasteiger partial charge on any atom is 0.312 e. The quantitative estimate of drug-likeness (QED) is 0.635. The zero-order valence-corrected chi connectivity index (χ0v) is 10.9. The first kappa shape index (κ1) is 13.7. The minimum Gasteiger partial charge on any atom is -0.258 e. The molecule has 0 aliphatic carbocycles. The molecule has 0 spiro atoms. The number of hydrogen-bond donors (Lipinski definition) is 0. The second kappa shape index (κ2) is 5.09. The van der Waals surface area contributed by atoms with Gasteiger partial charge >= 0.3 is 5.69 Å². The molecule has 1 aromatic heterocycles. The topological polar surface area (TPSA) is 84.8 Å². The van der Waals surface area contributed by atoms with Crippen molar-refractivity contribution >= 4 is 5.69 Å². The number of benzene rings is 1. The van der Waals surface area contributed by atoms with Gasteiger partial charge in [-0.1, -0.05) is 6.07 Å². The van der Waals surface area contributed by atoms with E-state index in [0.717, 1.165) is 0 Å². The summed E-state index contributed by atoms with van der Waals surface area (Å²) in [6.07, 6.45) is 0. The summed E-state index contributed by atoms with van der Waals surface area (Å²) >= 11 is 0. The first-order chi connectivity index (χ1) is 9.43. The van der Waals surface area contributed by atoms with Crippen LogP contribution in [0, 0.1) is 41.1 Å². The number of halogens is 1. The molecule has 20 heavy (non-hydrogen) atoms. The summed E-state index contributed by atoms with van der Waals surface area (Å²) in [6, 6.07) is 5.96. The zero-order valence-electron chi connectivity index (χ0n) is 10.9. The van der Waals surface area contributed by atoms with E-state index in [1.807, 2.05) is 0 Å². The fraction of sp³-hybridized carbons (Fsp3) is 0.231. The monoisotopic (exact) mass is 274 g/mol. The Kier molecular flexibility index (Phi) is 3.48. The van der Waals surface area contributed by atoms with Gasteiger partial charge in [-0.25, -0.2) is 4.39 Å². The number of nitrogens with zero attached hydrogens (tertiary/aromatic N) is 4. The number of hydrogen-bond acceptors (Lipinski definition) is 4. The number of rotatable bonds is 3. The molecule has 0 fully saturated rings. The standard InChI is InChI=1S/C13H11FN4O2/c1-8-13(18(19)20)9(2)17(16-8)7-10-3-4-11(6-15)12(14)5-10/h3-5H,7H2,1-2H3. The summed E-state index contributed by atoms with van der Waals surface area (Å²) in [5.74, 6) is -0.610. The molecule has 0 aliphatic heterocycles. The van der Waals surface area contributed by atoms with E-state index in [-0.39, 0.29) is 17.8 Å². The minimum absolute atomic E-state index is 0.0286. The maximum absolute atomic E-state index is 13.5. The lowest BCUT2D eigenvalue weighted by molar-refractivity contribution is -0.386. The maximum atomic E-state index is 13.5. The van der Waals surface area contributed by atoms with E-state index in [4.69, 9.17) is 5.26 Å². The minimum atomic E-state index is -0.610. The Morgan fingerprint density at radius 2 is 2.20 bits per heavy atom. The molecular formula is C13H11FN4O2. The van der Waals surface area contributed by atoms with Crippen molar-refractivity contribution in [1.29, 1.82) is 5.26 Å². The Morgan fingerprint density at radius 1 is 1.50 bits per heavy atom. The van der Waals surface area contributed by atoms with Crippen LogP contribution >= 0.6 is 0 Å². The fourth-order valence-electron chi connectivity index (χ4n) is 2.03. The van der Waals surface area contributed by atoms with E-state index < -0.39 is 10.7 Å². The van der Waals surface area contributed by atoms with Crippen LogP contribution in [0.3, 0.4) is 0 Å². The van der Waals surface area contributed by atoms with Crippen molar-refractivity contribution in [3.05, 3.63) is 56.6 Å². The van der Waals surface area contributed by atoms with Crippen LogP contribution in [0.5, 0.6) is 0 Å². The Labute approximate surface area is 114 Å². The van der Waals surface area contributed by atoms with Crippen LogP contribution in [0.15, 0.2) is 18.2 Å². The molecule has 0 N–H and O–H groups in total. The largest absolute Gasteiger partial charge is 0.312 e. The highest BCUT2D eigenvalue weighted by molar-refractivity contribution is 5.40. The number of nitriles is 1. The molecule has 0 saturated heterocycles. The van der Waals surface area contributed by atoms with Crippen LogP contribution in [-0.2, 0) is 6.54 Å². The van der Waals surface area contributed by atoms with Crippen LogP contribution in [0.2, 0.25) is 0 Å². The van der Waals surface area contributed by atoms with Crippen LogP contribution in [0.25, 0.3) is 0 Å². The van der Waals surface area contributed by atoms with E-state index in [1.165, 1.54) is 16.8 Å². The van der Waals surface area contributed by atoms with Gasteiger partial charge in [0.2, 0.25) is 0 Å². The predicted molar refractivity (Wildman–Crippen MR) is 68.6 cm³/mol. The third-order valence-electron chi connectivity index (χ3n) is 3.01. The normalized spacial score (nSPS) is 10.3. The lowest BCUT2D eigenvalue weighted by atomic mass is 10.1. The first-order valence-corrected chi connectivity index (χ1v) is 5.81. The molecule has 0 saturated carbocycles. The van der Waals surface area contributed by atoms with Crippen molar-refractivity contribution in [2.45, 2.75) is 20.4 Å². The highest BCUT2D eigenvalue weighted by atomic mass is 19.1. The molecule has 0 atom stereocenters. The second-order valence-electron chi connectivity index (χ2n) is 4.36. The van der Waals surface area contributed by atoms with Crippen molar-refractivity contribution in [1.82, 2.24) is 9.78 Å². The molecule has 1 aromatic carbocycles. The summed E-state index contributed by atoms with van der Waals surface area (Å²) in [5.41, 5.74) is 1.26. The highest BCUT2D eigenvalue weighted by Gasteiger charge is 2.21. The Bertz CT molecular complexity index is 731. The molecule has 2 aromatic rings. The van der Waals surface area contributed by atoms with Crippen molar-refractivity contribution < 1.29 is 9.31 Å². The number of nitro groups is 1. The van der Waals surface area contributed by atoms with E-state index in [9.17, 15) is 14.5 Å². The summed E-state index contributed by atoms with van der Waals surface area (Å²) in [7, 11) is 0. The van der Waals surface area contributed by atoms with Gasteiger partial charge in [0.1, 0.15) is 23.3 Å². The molecule has 0 bridgehead atoms. The molecule has 0 aliphatic rings. The summed E-state index contributed by atoms with van der Waals surface area (Å²) in [5, 5.41) is 23.7. The van der Waals surface area contributed by atoms with Gasteiger partial charge in [-0.3, -0.25) is 14.8 Å². The lowest BCUT2D eigenvalue weighted by Gasteiger charge is -2.04. The van der Waals surface area contributed by atoms with Crippen LogP contribution in [0.1, 0.15) is 22.5 Å². The summed E-state index contributed by atoms with van der Waals surface area (Å²) < 4.78 is 15.0. The van der Waals surface area contributed by atoms with Gasteiger partial charge in [0.25, 0.3) is 0 Å². The number of aromatic nitrogens is 2. The zero-order chi connectivity index (χ0) is 14.9. The van der Waals surface area contributed by atoms with Crippen molar-refractivity contribution in [2.75, 3.05) is 0 Å². The van der Waals surface area contributed by atoms with Crippen LogP contribution in [-0.4, -0.2) is 14.7 Å². The van der Waals surface area contributed by atoms with E-state index >= 15 is 0 Å². The van der Waals surface area contributed by atoms with Gasteiger partial charge in [0, 0.05) is 0 Å². The first-order valence-electron chi connectivity index (χ1n) is 5.81. The molecule has 2 rings (SSSR count). The Morgan fingerprint density at radius 3 is 2.70 bits per heavy atom. The smallest absolute Gasteiger partial charge is 0.258 e. The molecule has 6 nitrogen and oxygen atoms in total. The summed E-state index contributed by atoms with van der Waals surface area (Å²) in [6.45, 7) is 3.36. The van der Waals surface area contributed by atoms with Crippen molar-refractivity contribution in [3.63, 3.8) is 0 Å². The molecule has 1 heterocycles. The van der Waals surface area contributed by atoms with Gasteiger partial charge in [-0.15, -0.1) is 0 Å². The predicted octanol–water partition coefficient (Wildman–Crippen LogP) is 2.47. The molecule has 7 heteroatoms. The highest BCUT2D eigenvalue weighted by Crippen LogP contribution is 2.22. The molecular weight excluding hydrogens is 263 g/mol. The third-order valence-corrected chi connectivity index (χ3v) is 3.01. The Balaban J connectivity index is 2.36. The van der Waals surface area contributed by atoms with Gasteiger partial charge in [-0.2, -0.15) is 10.4 Å². The molecule has 0 radical (unpaired) electrons. The van der Waals surface area contributed by atoms with Crippen LogP contribution in [0.4, 0.5) is 10.1 Å². The van der Waals surface area contributed by atoms with Crippen molar-refractivity contribution in [3.8, 4) is 6.07 Å². The average Bonchev–Trinajstić information content (AvgIpc) is 2.64. The van der Waals surface area contributed by atoms with E-state index in [0.29, 0.717) is 17.0 Å². The van der Waals surface area contributed by atoms with E-state index in [2.05, 4.69) is 5.10 Å². The third kappa shape index (κ3) is 2.36. The molecule has 0 unspecified atom stereocenters. The van der Waals surface area contributed by atoms with Crippen molar-refractivity contribution in [2.24, 2.45) is 0 Å².